The average Bonchev–Trinajstić information content (AvgIpc) is 2.88. The Kier molecular flexibility index (Phi) is 4.22. The number of rotatable bonds is 4. The van der Waals surface area contributed by atoms with Crippen molar-refractivity contribution in [2.45, 2.75) is 25.8 Å². The number of piperidine rings is 1. The Morgan fingerprint density at radius 2 is 1.91 bits per heavy atom. The standard InChI is InChI=1S/C15H20N6O/c16-14-18-15(17-12-7-3-1-4-8-12)19-21(14)11-13(22)20-9-5-2-6-10-20/h1,3-4,7-8H,2,5-6,9-11H2,(H3,16,17,18,19). The molecule has 7 heteroatoms. The first-order valence-electron chi connectivity index (χ1n) is 7.52. The van der Waals surface area contributed by atoms with Gasteiger partial charge in [0.1, 0.15) is 6.54 Å². The van der Waals surface area contributed by atoms with E-state index in [9.17, 15) is 4.79 Å². The molecule has 0 atom stereocenters. The number of amides is 1. The number of likely N-dealkylation sites (tertiary alicyclic amines) is 1. The Morgan fingerprint density at radius 3 is 2.64 bits per heavy atom. The number of nitrogens with zero attached hydrogens (tertiary/aromatic N) is 4. The Labute approximate surface area is 129 Å². The molecule has 1 aliphatic rings. The van der Waals surface area contributed by atoms with E-state index < -0.39 is 0 Å². The first kappa shape index (κ1) is 14.4. The Balaban J connectivity index is 1.65. The van der Waals surface area contributed by atoms with Crippen molar-refractivity contribution < 1.29 is 4.79 Å². The van der Waals surface area contributed by atoms with Crippen molar-refractivity contribution in [3.8, 4) is 0 Å². The molecule has 7 nitrogen and oxygen atoms in total. The molecule has 0 aliphatic carbocycles. The van der Waals surface area contributed by atoms with E-state index in [1.54, 1.807) is 0 Å². The summed E-state index contributed by atoms with van der Waals surface area (Å²) in [5.74, 6) is 0.682. The van der Waals surface area contributed by atoms with E-state index in [0.717, 1.165) is 31.6 Å². The maximum Gasteiger partial charge on any atom is 0.248 e. The van der Waals surface area contributed by atoms with Crippen molar-refractivity contribution >= 4 is 23.5 Å². The highest BCUT2D eigenvalue weighted by atomic mass is 16.2. The Bertz CT molecular complexity index is 633. The SMILES string of the molecule is Nc1nc(Nc2ccccc2)nn1CC(=O)N1CCCCC1. The van der Waals surface area contributed by atoms with Crippen molar-refractivity contribution in [3.05, 3.63) is 30.3 Å². The zero-order valence-corrected chi connectivity index (χ0v) is 12.4. The molecule has 2 heterocycles. The first-order valence-corrected chi connectivity index (χ1v) is 7.52. The van der Waals surface area contributed by atoms with Gasteiger partial charge in [-0.3, -0.25) is 4.79 Å². The molecule has 1 fully saturated rings. The van der Waals surface area contributed by atoms with Gasteiger partial charge in [-0.05, 0) is 31.4 Å². The van der Waals surface area contributed by atoms with Crippen LogP contribution in [0, 0.1) is 0 Å². The van der Waals surface area contributed by atoms with Crippen molar-refractivity contribution in [1.29, 1.82) is 0 Å². The molecule has 0 unspecified atom stereocenters. The van der Waals surface area contributed by atoms with Gasteiger partial charge in [0, 0.05) is 18.8 Å². The maximum atomic E-state index is 12.2. The fraction of sp³-hybridized carbons (Fsp3) is 0.400. The summed E-state index contributed by atoms with van der Waals surface area (Å²) >= 11 is 0. The van der Waals surface area contributed by atoms with Gasteiger partial charge in [-0.2, -0.15) is 4.98 Å². The third kappa shape index (κ3) is 3.36. The third-order valence-electron chi connectivity index (χ3n) is 3.72. The van der Waals surface area contributed by atoms with Crippen LogP contribution in [0.1, 0.15) is 19.3 Å². The van der Waals surface area contributed by atoms with Gasteiger partial charge in [0.15, 0.2) is 0 Å². The molecule has 1 aliphatic heterocycles. The fourth-order valence-electron chi connectivity index (χ4n) is 2.55. The molecule has 0 saturated carbocycles. The summed E-state index contributed by atoms with van der Waals surface area (Å²) in [6.45, 7) is 1.78. The van der Waals surface area contributed by atoms with Crippen LogP contribution in [-0.4, -0.2) is 38.7 Å². The average molecular weight is 300 g/mol. The van der Waals surface area contributed by atoms with E-state index in [2.05, 4.69) is 15.4 Å². The molecule has 22 heavy (non-hydrogen) atoms. The maximum absolute atomic E-state index is 12.2. The van der Waals surface area contributed by atoms with Crippen LogP contribution in [0.3, 0.4) is 0 Å². The van der Waals surface area contributed by atoms with Gasteiger partial charge < -0.3 is 16.0 Å². The molecule has 0 bridgehead atoms. The zero-order valence-electron chi connectivity index (χ0n) is 12.4. The highest BCUT2D eigenvalue weighted by molar-refractivity contribution is 5.76. The van der Waals surface area contributed by atoms with Crippen LogP contribution in [0.4, 0.5) is 17.6 Å². The molecule has 2 aromatic rings. The quantitative estimate of drug-likeness (QED) is 0.895. The molecule has 116 valence electrons. The highest BCUT2D eigenvalue weighted by Gasteiger charge is 2.18. The Hall–Kier alpha value is -2.57. The van der Waals surface area contributed by atoms with E-state index in [4.69, 9.17) is 5.73 Å². The monoisotopic (exact) mass is 300 g/mol. The molecule has 0 radical (unpaired) electrons. The summed E-state index contributed by atoms with van der Waals surface area (Å²) in [6.07, 6.45) is 3.33. The number of benzene rings is 1. The molecule has 1 aromatic heterocycles. The smallest absolute Gasteiger partial charge is 0.248 e. The van der Waals surface area contributed by atoms with Gasteiger partial charge in [0.25, 0.3) is 0 Å². The van der Waals surface area contributed by atoms with E-state index >= 15 is 0 Å². The van der Waals surface area contributed by atoms with Crippen LogP contribution in [0.15, 0.2) is 30.3 Å². The minimum atomic E-state index is 0.0440. The zero-order chi connectivity index (χ0) is 15.4. The summed E-state index contributed by atoms with van der Waals surface area (Å²) in [5.41, 5.74) is 6.73. The summed E-state index contributed by atoms with van der Waals surface area (Å²) in [6, 6.07) is 9.60. The van der Waals surface area contributed by atoms with Gasteiger partial charge in [-0.15, -0.1) is 5.10 Å². The summed E-state index contributed by atoms with van der Waals surface area (Å²) < 4.78 is 1.45. The van der Waals surface area contributed by atoms with Gasteiger partial charge in [0.2, 0.25) is 17.8 Å². The molecular weight excluding hydrogens is 280 g/mol. The van der Waals surface area contributed by atoms with E-state index in [0.29, 0.717) is 5.95 Å². The minimum absolute atomic E-state index is 0.0440. The number of hydrogen-bond acceptors (Lipinski definition) is 5. The fourth-order valence-corrected chi connectivity index (χ4v) is 2.55. The summed E-state index contributed by atoms with van der Waals surface area (Å²) in [5, 5.41) is 7.33. The third-order valence-corrected chi connectivity index (χ3v) is 3.72. The predicted molar refractivity (Wildman–Crippen MR) is 84.6 cm³/mol. The summed E-state index contributed by atoms with van der Waals surface area (Å²) in [4.78, 5) is 18.3. The number of para-hydroxylation sites is 1. The van der Waals surface area contributed by atoms with Gasteiger partial charge in [-0.25, -0.2) is 4.68 Å². The second kappa shape index (κ2) is 6.46. The van der Waals surface area contributed by atoms with Gasteiger partial charge in [0.05, 0.1) is 0 Å². The van der Waals surface area contributed by atoms with Crippen LogP contribution >= 0.6 is 0 Å². The molecule has 1 amide bonds. The molecule has 3 N–H and O–H groups in total. The molecule has 0 spiro atoms. The largest absolute Gasteiger partial charge is 0.368 e. The van der Waals surface area contributed by atoms with Gasteiger partial charge >= 0.3 is 0 Å². The van der Waals surface area contributed by atoms with Crippen molar-refractivity contribution in [2.75, 3.05) is 24.1 Å². The van der Waals surface area contributed by atoms with Crippen LogP contribution in [0.2, 0.25) is 0 Å². The van der Waals surface area contributed by atoms with Crippen molar-refractivity contribution in [2.24, 2.45) is 0 Å². The molecular formula is C15H20N6O. The van der Waals surface area contributed by atoms with Crippen molar-refractivity contribution in [1.82, 2.24) is 19.7 Å². The van der Waals surface area contributed by atoms with Crippen molar-refractivity contribution in [3.63, 3.8) is 0 Å². The molecule has 3 rings (SSSR count). The lowest BCUT2D eigenvalue weighted by Crippen LogP contribution is -2.38. The van der Waals surface area contributed by atoms with E-state index in [1.165, 1.54) is 11.1 Å². The lowest BCUT2D eigenvalue weighted by molar-refractivity contribution is -0.132. The van der Waals surface area contributed by atoms with Crippen LogP contribution in [0.25, 0.3) is 0 Å². The normalized spacial score (nSPS) is 14.8. The number of nitrogen functional groups attached to an aromatic ring is 1. The van der Waals surface area contributed by atoms with E-state index in [-0.39, 0.29) is 18.4 Å². The number of hydrogen-bond donors (Lipinski definition) is 2. The second-order valence-corrected chi connectivity index (χ2v) is 5.38. The number of nitrogens with two attached hydrogens (primary N) is 1. The number of carbonyl (C=O) groups is 1. The number of aromatic nitrogens is 3. The van der Waals surface area contributed by atoms with Crippen LogP contribution < -0.4 is 11.1 Å². The second-order valence-electron chi connectivity index (χ2n) is 5.38. The lowest BCUT2D eigenvalue weighted by Gasteiger charge is -2.26. The molecule has 1 aromatic carbocycles. The minimum Gasteiger partial charge on any atom is -0.368 e. The number of anilines is 3. The molecule has 1 saturated heterocycles. The van der Waals surface area contributed by atoms with Gasteiger partial charge in [-0.1, -0.05) is 18.2 Å². The topological polar surface area (TPSA) is 89.1 Å². The Morgan fingerprint density at radius 1 is 1.18 bits per heavy atom. The van der Waals surface area contributed by atoms with Crippen LogP contribution in [0.5, 0.6) is 0 Å². The predicted octanol–water partition coefficient (Wildman–Crippen LogP) is 1.62. The number of nitrogens with one attached hydrogen (secondary N) is 1. The first-order chi connectivity index (χ1) is 10.7. The van der Waals surface area contributed by atoms with E-state index in [1.807, 2.05) is 35.2 Å². The lowest BCUT2D eigenvalue weighted by atomic mass is 10.1. The number of carbonyl (C=O) groups excluding carboxylic acids is 1. The summed E-state index contributed by atoms with van der Waals surface area (Å²) in [7, 11) is 0. The van der Waals surface area contributed by atoms with Crippen LogP contribution in [-0.2, 0) is 11.3 Å². The highest BCUT2D eigenvalue weighted by Crippen LogP contribution is 2.14.